The molecule has 4 nitrogen and oxygen atoms in total. The number of ketones is 1. The summed E-state index contributed by atoms with van der Waals surface area (Å²) < 4.78 is 6.00. The molecule has 2 aromatic carbocycles. The summed E-state index contributed by atoms with van der Waals surface area (Å²) in [5.74, 6) is -0.576. The van der Waals surface area contributed by atoms with E-state index < -0.39 is 11.3 Å². The molecule has 1 amide bonds. The highest BCUT2D eigenvalue weighted by molar-refractivity contribution is 7.80. The Labute approximate surface area is 197 Å². The lowest BCUT2D eigenvalue weighted by molar-refractivity contribution is -0.149. The fourth-order valence-electron chi connectivity index (χ4n) is 4.11. The third kappa shape index (κ3) is 5.63. The summed E-state index contributed by atoms with van der Waals surface area (Å²) in [6.45, 7) is 6.58. The molecule has 0 aromatic heterocycles. The summed E-state index contributed by atoms with van der Waals surface area (Å²) in [6, 6.07) is 20.5. The second-order valence-corrected chi connectivity index (χ2v) is 9.46. The minimum absolute atomic E-state index is 0.202. The van der Waals surface area contributed by atoms with Crippen LogP contribution in [0.3, 0.4) is 0 Å². The number of carbonyl (C=O) groups excluding carboxylic acids is 2. The molecule has 1 atom stereocenters. The van der Waals surface area contributed by atoms with Crippen LogP contribution in [0.5, 0.6) is 0 Å². The lowest BCUT2D eigenvalue weighted by Crippen LogP contribution is -2.47. The fourth-order valence-corrected chi connectivity index (χ4v) is 4.43. The Bertz CT molecular complexity index is 887. The van der Waals surface area contributed by atoms with Crippen molar-refractivity contribution in [1.82, 2.24) is 4.90 Å². The van der Waals surface area contributed by atoms with E-state index in [1.54, 1.807) is 4.90 Å². The van der Waals surface area contributed by atoms with Crippen molar-refractivity contribution in [3.63, 3.8) is 0 Å². The van der Waals surface area contributed by atoms with Gasteiger partial charge < -0.3 is 9.64 Å². The first-order valence-electron chi connectivity index (χ1n) is 11.5. The highest BCUT2D eigenvalue weighted by Gasteiger charge is 2.40. The van der Waals surface area contributed by atoms with Gasteiger partial charge in [0, 0.05) is 17.9 Å². The third-order valence-corrected chi connectivity index (χ3v) is 6.92. The summed E-state index contributed by atoms with van der Waals surface area (Å²) in [7, 11) is 0. The van der Waals surface area contributed by atoms with Crippen molar-refractivity contribution in [2.45, 2.75) is 58.4 Å². The molecule has 1 aliphatic rings. The summed E-state index contributed by atoms with van der Waals surface area (Å²) in [5, 5.41) is 0.415. The average Bonchev–Trinajstić information content (AvgIpc) is 3.32. The first-order valence-corrected chi connectivity index (χ1v) is 11.9. The zero-order chi connectivity index (χ0) is 23.1. The van der Waals surface area contributed by atoms with Crippen molar-refractivity contribution in [2.75, 3.05) is 13.2 Å². The monoisotopic (exact) mass is 451 g/mol. The van der Waals surface area contributed by atoms with E-state index in [0.717, 1.165) is 19.3 Å². The van der Waals surface area contributed by atoms with Gasteiger partial charge in [-0.2, -0.15) is 0 Å². The third-order valence-electron chi connectivity index (χ3n) is 6.53. The molecule has 1 fully saturated rings. The minimum Gasteiger partial charge on any atom is -0.485 e. The van der Waals surface area contributed by atoms with Gasteiger partial charge >= 0.3 is 0 Å². The van der Waals surface area contributed by atoms with Crippen LogP contribution in [0.25, 0.3) is 0 Å². The van der Waals surface area contributed by atoms with Gasteiger partial charge in [0.1, 0.15) is 6.04 Å². The summed E-state index contributed by atoms with van der Waals surface area (Å²) >= 11 is 5.58. The predicted molar refractivity (Wildman–Crippen MR) is 132 cm³/mol. The highest BCUT2D eigenvalue weighted by atomic mass is 32.1. The minimum atomic E-state index is -0.661. The maximum Gasteiger partial charge on any atom is 0.291 e. The Hall–Kier alpha value is -2.53. The molecule has 32 heavy (non-hydrogen) atoms. The van der Waals surface area contributed by atoms with E-state index >= 15 is 0 Å². The molecule has 0 bridgehead atoms. The lowest BCUT2D eigenvalue weighted by Gasteiger charge is -2.28. The number of nitrogens with zero attached hydrogens (tertiary/aromatic N) is 1. The molecule has 1 heterocycles. The van der Waals surface area contributed by atoms with Gasteiger partial charge in [-0.25, -0.2) is 0 Å². The van der Waals surface area contributed by atoms with Crippen molar-refractivity contribution in [1.29, 1.82) is 0 Å². The van der Waals surface area contributed by atoms with E-state index in [1.165, 1.54) is 11.1 Å². The molecule has 3 rings (SSSR count). The number of rotatable bonds is 9. The quantitative estimate of drug-likeness (QED) is 0.370. The standard InChI is InChI=1S/C27H33NO3S/c1-4-27(2,3)24(29)25(30)28-18-11-16-23(28)26(32)31-19-17-22(20-12-7-5-8-13-20)21-14-9-6-10-15-21/h5-10,12-15,22-23H,4,11,16-19H2,1-3H3. The van der Waals surface area contributed by atoms with Gasteiger partial charge in [-0.3, -0.25) is 9.59 Å². The Morgan fingerprint density at radius 3 is 2.16 bits per heavy atom. The first-order chi connectivity index (χ1) is 15.3. The molecule has 1 aliphatic heterocycles. The first kappa shape index (κ1) is 24.1. The van der Waals surface area contributed by atoms with Crippen LogP contribution < -0.4 is 0 Å². The molecule has 0 aliphatic carbocycles. The number of carbonyl (C=O) groups is 2. The Morgan fingerprint density at radius 2 is 1.62 bits per heavy atom. The van der Waals surface area contributed by atoms with E-state index in [9.17, 15) is 9.59 Å². The number of likely N-dealkylation sites (tertiary alicyclic amines) is 1. The SMILES string of the molecule is CCC(C)(C)C(=O)C(=O)N1CCCC1C(=S)OCCC(c1ccccc1)c1ccccc1. The van der Waals surface area contributed by atoms with Crippen molar-refractivity contribution in [3.8, 4) is 0 Å². The number of thiocarbonyl (C=S) groups is 1. The van der Waals surface area contributed by atoms with Gasteiger partial charge in [-0.15, -0.1) is 0 Å². The summed E-state index contributed by atoms with van der Waals surface area (Å²) in [6.07, 6.45) is 2.97. The molecular weight excluding hydrogens is 418 g/mol. The van der Waals surface area contributed by atoms with Crippen LogP contribution in [0.15, 0.2) is 60.7 Å². The predicted octanol–water partition coefficient (Wildman–Crippen LogP) is 5.55. The maximum absolute atomic E-state index is 12.9. The Balaban J connectivity index is 1.64. The summed E-state index contributed by atoms with van der Waals surface area (Å²) in [4.78, 5) is 27.2. The van der Waals surface area contributed by atoms with Crippen LogP contribution in [0.1, 0.15) is 63.5 Å². The normalized spacial score (nSPS) is 16.2. The van der Waals surface area contributed by atoms with Crippen LogP contribution in [-0.2, 0) is 14.3 Å². The van der Waals surface area contributed by atoms with Crippen molar-refractivity contribution in [2.24, 2.45) is 5.41 Å². The lowest BCUT2D eigenvalue weighted by atomic mass is 9.84. The van der Waals surface area contributed by atoms with Gasteiger partial charge in [0.2, 0.25) is 5.78 Å². The molecular formula is C27H33NO3S. The van der Waals surface area contributed by atoms with E-state index in [4.69, 9.17) is 17.0 Å². The Morgan fingerprint density at radius 1 is 1.06 bits per heavy atom. The topological polar surface area (TPSA) is 46.6 Å². The van der Waals surface area contributed by atoms with Crippen LogP contribution in [0.2, 0.25) is 0 Å². The van der Waals surface area contributed by atoms with E-state index in [2.05, 4.69) is 24.3 Å². The summed E-state index contributed by atoms with van der Waals surface area (Å²) in [5.41, 5.74) is 1.81. The number of Topliss-reactive ketones (excluding diaryl/α,β-unsaturated/α-hetero) is 1. The van der Waals surface area contributed by atoms with Crippen molar-refractivity contribution >= 4 is 29.0 Å². The van der Waals surface area contributed by atoms with Crippen molar-refractivity contribution < 1.29 is 14.3 Å². The number of amides is 1. The molecule has 2 aromatic rings. The number of ether oxygens (including phenoxy) is 1. The van der Waals surface area contributed by atoms with E-state index in [-0.39, 0.29) is 17.7 Å². The fraction of sp³-hybridized carbons (Fsp3) is 0.444. The molecule has 1 saturated heterocycles. The molecule has 0 spiro atoms. The van der Waals surface area contributed by atoms with Crippen LogP contribution in [0.4, 0.5) is 0 Å². The van der Waals surface area contributed by atoms with Gasteiger partial charge in [-0.05, 0) is 49.0 Å². The largest absolute Gasteiger partial charge is 0.485 e. The molecule has 170 valence electrons. The van der Waals surface area contributed by atoms with Crippen molar-refractivity contribution in [3.05, 3.63) is 71.8 Å². The zero-order valence-corrected chi connectivity index (χ0v) is 20.1. The number of hydrogen-bond acceptors (Lipinski definition) is 4. The zero-order valence-electron chi connectivity index (χ0n) is 19.3. The molecule has 5 heteroatoms. The Kier molecular flexibility index (Phi) is 8.19. The molecule has 0 radical (unpaired) electrons. The molecule has 0 saturated carbocycles. The van der Waals surface area contributed by atoms with E-state index in [1.807, 2.05) is 57.2 Å². The maximum atomic E-state index is 12.9. The smallest absolute Gasteiger partial charge is 0.291 e. The van der Waals surface area contributed by atoms with Crippen LogP contribution >= 0.6 is 12.2 Å². The number of benzene rings is 2. The molecule has 1 unspecified atom stereocenters. The average molecular weight is 452 g/mol. The van der Waals surface area contributed by atoms with Gasteiger partial charge in [0.15, 0.2) is 5.05 Å². The van der Waals surface area contributed by atoms with Gasteiger partial charge in [-0.1, -0.05) is 81.4 Å². The molecule has 0 N–H and O–H groups in total. The van der Waals surface area contributed by atoms with Crippen LogP contribution in [0, 0.1) is 5.41 Å². The van der Waals surface area contributed by atoms with Gasteiger partial charge in [0.25, 0.3) is 5.91 Å². The number of hydrogen-bond donors (Lipinski definition) is 0. The van der Waals surface area contributed by atoms with Crippen LogP contribution in [-0.4, -0.2) is 40.8 Å². The van der Waals surface area contributed by atoms with Gasteiger partial charge in [0.05, 0.1) is 6.61 Å². The van der Waals surface area contributed by atoms with E-state index in [0.29, 0.717) is 24.6 Å². The second kappa shape index (κ2) is 10.9. The second-order valence-electron chi connectivity index (χ2n) is 9.05. The highest BCUT2D eigenvalue weighted by Crippen LogP contribution is 2.29.